The lowest BCUT2D eigenvalue weighted by molar-refractivity contribution is 0.766. The Labute approximate surface area is 271 Å². The lowest BCUT2D eigenvalue weighted by Gasteiger charge is -2.17. The van der Waals surface area contributed by atoms with Gasteiger partial charge in [-0.1, -0.05) is 109 Å². The van der Waals surface area contributed by atoms with Crippen molar-refractivity contribution in [3.05, 3.63) is 164 Å². The van der Waals surface area contributed by atoms with Crippen molar-refractivity contribution in [2.24, 2.45) is 0 Å². The van der Waals surface area contributed by atoms with Crippen molar-refractivity contribution in [1.82, 2.24) is 25.0 Å². The Bertz CT molecular complexity index is 2500. The van der Waals surface area contributed by atoms with E-state index in [9.17, 15) is 0 Å². The smallest absolute Gasteiger partial charge is 0.114 e. The average Bonchev–Trinajstić information content (AvgIpc) is 3.58. The fourth-order valence-corrected chi connectivity index (χ4v) is 6.56. The van der Waals surface area contributed by atoms with Crippen molar-refractivity contribution in [2.45, 2.75) is 0 Å². The predicted octanol–water partition coefficient (Wildman–Crippen LogP) is 10.2. The van der Waals surface area contributed by atoms with Gasteiger partial charge in [-0.25, -0.2) is 4.98 Å². The minimum Gasteiger partial charge on any atom is -0.255 e. The molecule has 0 spiro atoms. The fraction of sp³-hybridized carbons (Fsp3) is 0. The molecule has 47 heavy (non-hydrogen) atoms. The molecule has 3 heterocycles. The van der Waals surface area contributed by atoms with Gasteiger partial charge in [0, 0.05) is 11.8 Å². The number of rotatable bonds is 5. The van der Waals surface area contributed by atoms with E-state index in [4.69, 9.17) is 15.2 Å². The van der Waals surface area contributed by atoms with Crippen LogP contribution in [0.25, 0.3) is 83.2 Å². The third-order valence-electron chi connectivity index (χ3n) is 8.73. The fourth-order valence-electron chi connectivity index (χ4n) is 6.56. The summed E-state index contributed by atoms with van der Waals surface area (Å²) in [6, 6.07) is 54.6. The zero-order valence-electron chi connectivity index (χ0n) is 25.3. The number of fused-ring (bicyclic) bond motifs is 3. The number of pyridine rings is 2. The van der Waals surface area contributed by atoms with Gasteiger partial charge in [-0.05, 0) is 92.3 Å². The molecule has 9 aromatic rings. The van der Waals surface area contributed by atoms with Crippen molar-refractivity contribution in [1.29, 1.82) is 0 Å². The molecule has 0 unspecified atom stereocenters. The zero-order chi connectivity index (χ0) is 31.2. The standard InChI is InChI=1S/C42H27N5/c1-2-11-28(12-3-1)41-32-13-4-6-15-34(32)42(35-16-7-5-14-33(35)41)29-20-23-31(24-21-29)47-45-39-25-22-30(27-40(39)46-47)36-18-10-19-38(44-36)37-17-8-9-26-43-37/h1-27H. The van der Waals surface area contributed by atoms with E-state index in [1.54, 1.807) is 11.0 Å². The summed E-state index contributed by atoms with van der Waals surface area (Å²) in [5, 5.41) is 14.6. The molecule has 0 saturated carbocycles. The SMILES string of the molecule is c1ccc(-c2c3ccccc3c(-c3ccc(-n4nc5ccc(-c6cccc(-c7ccccn7)n6)cc5n4)cc3)c3ccccc23)cc1. The maximum atomic E-state index is 4.87. The van der Waals surface area contributed by atoms with Gasteiger partial charge < -0.3 is 0 Å². The first-order valence-corrected chi connectivity index (χ1v) is 15.7. The Balaban J connectivity index is 1.10. The van der Waals surface area contributed by atoms with E-state index in [2.05, 4.69) is 108 Å². The van der Waals surface area contributed by atoms with Crippen molar-refractivity contribution in [2.75, 3.05) is 0 Å². The van der Waals surface area contributed by atoms with Crippen LogP contribution in [0, 0.1) is 0 Å². The van der Waals surface area contributed by atoms with Crippen molar-refractivity contribution >= 4 is 32.6 Å². The monoisotopic (exact) mass is 601 g/mol. The molecule has 220 valence electrons. The van der Waals surface area contributed by atoms with Crippen LogP contribution < -0.4 is 0 Å². The quantitative estimate of drug-likeness (QED) is 0.184. The van der Waals surface area contributed by atoms with E-state index in [1.165, 1.54) is 38.2 Å². The molecule has 0 atom stereocenters. The van der Waals surface area contributed by atoms with Crippen molar-refractivity contribution in [3.8, 4) is 50.6 Å². The highest BCUT2D eigenvalue weighted by Crippen LogP contribution is 2.43. The summed E-state index contributed by atoms with van der Waals surface area (Å²) in [5.41, 5.74) is 10.9. The molecule has 5 heteroatoms. The molecular weight excluding hydrogens is 574 g/mol. The maximum absolute atomic E-state index is 4.87. The van der Waals surface area contributed by atoms with Crippen molar-refractivity contribution < 1.29 is 0 Å². The van der Waals surface area contributed by atoms with E-state index < -0.39 is 0 Å². The van der Waals surface area contributed by atoms with Crippen LogP contribution in [0.1, 0.15) is 0 Å². The highest BCUT2D eigenvalue weighted by molar-refractivity contribution is 6.21. The van der Waals surface area contributed by atoms with Gasteiger partial charge in [-0.15, -0.1) is 10.2 Å². The van der Waals surface area contributed by atoms with Gasteiger partial charge in [0.1, 0.15) is 11.0 Å². The van der Waals surface area contributed by atoms with Gasteiger partial charge >= 0.3 is 0 Å². The molecule has 0 fully saturated rings. The average molecular weight is 602 g/mol. The first-order chi connectivity index (χ1) is 23.3. The molecule has 0 aliphatic rings. The summed E-state index contributed by atoms with van der Waals surface area (Å²) in [6.45, 7) is 0. The van der Waals surface area contributed by atoms with Gasteiger partial charge in [-0.2, -0.15) is 4.80 Å². The van der Waals surface area contributed by atoms with Gasteiger partial charge in [0.15, 0.2) is 0 Å². The normalized spacial score (nSPS) is 11.4. The zero-order valence-corrected chi connectivity index (χ0v) is 25.3. The van der Waals surface area contributed by atoms with Gasteiger partial charge in [-0.3, -0.25) is 4.98 Å². The van der Waals surface area contributed by atoms with Gasteiger partial charge in [0.05, 0.1) is 22.8 Å². The summed E-state index contributed by atoms with van der Waals surface area (Å²) in [7, 11) is 0. The van der Waals surface area contributed by atoms with Crippen LogP contribution in [-0.4, -0.2) is 25.0 Å². The molecule has 0 N–H and O–H groups in total. The lowest BCUT2D eigenvalue weighted by atomic mass is 9.86. The Morgan fingerprint density at radius 2 is 0.936 bits per heavy atom. The molecule has 0 radical (unpaired) electrons. The second-order valence-electron chi connectivity index (χ2n) is 11.6. The molecule has 0 aliphatic heterocycles. The molecule has 0 amide bonds. The summed E-state index contributed by atoms with van der Waals surface area (Å²) >= 11 is 0. The molecule has 0 aliphatic carbocycles. The van der Waals surface area contributed by atoms with Crippen LogP contribution in [0.5, 0.6) is 0 Å². The second kappa shape index (κ2) is 11.2. The van der Waals surface area contributed by atoms with E-state index in [0.29, 0.717) is 0 Å². The van der Waals surface area contributed by atoms with Crippen molar-refractivity contribution in [3.63, 3.8) is 0 Å². The van der Waals surface area contributed by atoms with E-state index in [0.717, 1.165) is 44.9 Å². The minimum atomic E-state index is 0.810. The number of nitrogens with zero attached hydrogens (tertiary/aromatic N) is 5. The number of aromatic nitrogens is 5. The maximum Gasteiger partial charge on any atom is 0.114 e. The van der Waals surface area contributed by atoms with Gasteiger partial charge in [0.2, 0.25) is 0 Å². The highest BCUT2D eigenvalue weighted by Gasteiger charge is 2.17. The summed E-state index contributed by atoms with van der Waals surface area (Å²) < 4.78 is 0. The summed E-state index contributed by atoms with van der Waals surface area (Å²) in [4.78, 5) is 11.0. The van der Waals surface area contributed by atoms with E-state index >= 15 is 0 Å². The van der Waals surface area contributed by atoms with Crippen LogP contribution >= 0.6 is 0 Å². The van der Waals surface area contributed by atoms with Crippen LogP contribution in [0.2, 0.25) is 0 Å². The Morgan fingerprint density at radius 1 is 0.383 bits per heavy atom. The summed E-state index contributed by atoms with van der Waals surface area (Å²) in [6.07, 6.45) is 1.78. The molecular formula is C42H27N5. The second-order valence-corrected chi connectivity index (χ2v) is 11.6. The third kappa shape index (κ3) is 4.73. The lowest BCUT2D eigenvalue weighted by Crippen LogP contribution is -1.98. The Hall–Kier alpha value is -6.46. The molecule has 9 rings (SSSR count). The number of hydrogen-bond donors (Lipinski definition) is 0. The first kappa shape index (κ1) is 26.9. The van der Waals surface area contributed by atoms with Crippen LogP contribution in [0.15, 0.2) is 164 Å². The van der Waals surface area contributed by atoms with Gasteiger partial charge in [0.25, 0.3) is 0 Å². The predicted molar refractivity (Wildman–Crippen MR) is 191 cm³/mol. The third-order valence-corrected chi connectivity index (χ3v) is 8.73. The van der Waals surface area contributed by atoms with E-state index in [-0.39, 0.29) is 0 Å². The van der Waals surface area contributed by atoms with E-state index in [1.807, 2.05) is 54.6 Å². The largest absolute Gasteiger partial charge is 0.255 e. The molecule has 5 nitrogen and oxygen atoms in total. The first-order valence-electron chi connectivity index (χ1n) is 15.7. The minimum absolute atomic E-state index is 0.810. The highest BCUT2D eigenvalue weighted by atomic mass is 15.5. The molecule has 6 aromatic carbocycles. The topological polar surface area (TPSA) is 56.5 Å². The molecule has 0 saturated heterocycles. The molecule has 0 bridgehead atoms. The number of hydrogen-bond acceptors (Lipinski definition) is 4. The summed E-state index contributed by atoms with van der Waals surface area (Å²) in [5.74, 6) is 0. The van der Waals surface area contributed by atoms with Crippen LogP contribution in [0.3, 0.4) is 0 Å². The molecule has 3 aromatic heterocycles. The van der Waals surface area contributed by atoms with Crippen LogP contribution in [-0.2, 0) is 0 Å². The Kier molecular flexibility index (Phi) is 6.39. The number of benzene rings is 6. The van der Waals surface area contributed by atoms with Crippen LogP contribution in [0.4, 0.5) is 0 Å². The Morgan fingerprint density at radius 3 is 1.60 bits per heavy atom.